The van der Waals surface area contributed by atoms with E-state index >= 15 is 0 Å². The average molecular weight is 237 g/mol. The van der Waals surface area contributed by atoms with Gasteiger partial charge in [-0.25, -0.2) is 13.2 Å². The maximum atomic E-state index is 13.3. The van der Waals surface area contributed by atoms with E-state index < -0.39 is 12.2 Å². The van der Waals surface area contributed by atoms with E-state index in [0.717, 1.165) is 17.4 Å². The van der Waals surface area contributed by atoms with Gasteiger partial charge in [0.15, 0.2) is 0 Å². The highest BCUT2D eigenvalue weighted by molar-refractivity contribution is 7.19. The van der Waals surface area contributed by atoms with Crippen LogP contribution in [-0.2, 0) is 0 Å². The van der Waals surface area contributed by atoms with Gasteiger partial charge in [-0.3, -0.25) is 0 Å². The monoisotopic (exact) mass is 236 g/mol. The summed E-state index contributed by atoms with van der Waals surface area (Å²) in [6.45, 7) is 0. The summed E-state index contributed by atoms with van der Waals surface area (Å²) in [7, 11) is 0. The van der Waals surface area contributed by atoms with Gasteiger partial charge in [0, 0.05) is 10.1 Å². The van der Waals surface area contributed by atoms with Gasteiger partial charge in [0.25, 0.3) is 6.43 Å². The molecule has 74 valence electrons. The molecule has 0 N–H and O–H groups in total. The summed E-state index contributed by atoms with van der Waals surface area (Å²) >= 11 is 6.40. The van der Waals surface area contributed by atoms with Crippen molar-refractivity contribution in [3.63, 3.8) is 0 Å². The van der Waals surface area contributed by atoms with Crippen molar-refractivity contribution >= 4 is 33.0 Å². The summed E-state index contributed by atoms with van der Waals surface area (Å²) in [5, 5.41) is 0.119. The number of thiophene rings is 1. The third kappa shape index (κ3) is 1.48. The summed E-state index contributed by atoms with van der Waals surface area (Å²) in [5.41, 5.74) is 0. The minimum atomic E-state index is -2.56. The standard InChI is InChI=1S/C9H4ClF3S/c10-5-1-2-6-4(8(5)11)3-7(14-6)9(12)13/h1-3,9H. The van der Waals surface area contributed by atoms with E-state index in [1.54, 1.807) is 0 Å². The lowest BCUT2D eigenvalue weighted by Crippen LogP contribution is -1.76. The molecule has 1 heterocycles. The smallest absolute Gasteiger partial charge is 0.205 e. The number of fused-ring (bicyclic) bond motifs is 1. The van der Waals surface area contributed by atoms with E-state index in [4.69, 9.17) is 11.6 Å². The number of hydrogen-bond acceptors (Lipinski definition) is 1. The van der Waals surface area contributed by atoms with E-state index in [1.165, 1.54) is 12.1 Å². The van der Waals surface area contributed by atoms with Crippen LogP contribution in [0.2, 0.25) is 5.02 Å². The summed E-state index contributed by atoms with van der Waals surface area (Å²) < 4.78 is 38.4. The summed E-state index contributed by atoms with van der Waals surface area (Å²) in [6, 6.07) is 4.05. The summed E-state index contributed by atoms with van der Waals surface area (Å²) in [6.07, 6.45) is -2.56. The van der Waals surface area contributed by atoms with Crippen LogP contribution in [0.3, 0.4) is 0 Å². The second kappa shape index (κ2) is 3.44. The molecule has 0 aliphatic heterocycles. The lowest BCUT2D eigenvalue weighted by molar-refractivity contribution is 0.156. The van der Waals surface area contributed by atoms with Crippen molar-refractivity contribution in [2.24, 2.45) is 0 Å². The van der Waals surface area contributed by atoms with Gasteiger partial charge in [-0.1, -0.05) is 11.6 Å². The molecule has 1 aromatic heterocycles. The van der Waals surface area contributed by atoms with Crippen molar-refractivity contribution in [3.8, 4) is 0 Å². The van der Waals surface area contributed by atoms with E-state index in [9.17, 15) is 13.2 Å². The molecule has 2 aromatic rings. The Morgan fingerprint density at radius 2 is 2.00 bits per heavy atom. The van der Waals surface area contributed by atoms with Gasteiger partial charge in [0.1, 0.15) is 5.82 Å². The van der Waals surface area contributed by atoms with Gasteiger partial charge in [-0.15, -0.1) is 11.3 Å². The molecule has 1 aromatic carbocycles. The van der Waals surface area contributed by atoms with E-state index in [-0.39, 0.29) is 15.3 Å². The molecule has 0 saturated heterocycles. The molecule has 5 heteroatoms. The molecular formula is C9H4ClF3S. The van der Waals surface area contributed by atoms with E-state index in [1.807, 2.05) is 0 Å². The first-order valence-corrected chi connectivity index (χ1v) is 4.94. The summed E-state index contributed by atoms with van der Waals surface area (Å²) in [5.74, 6) is -0.632. The maximum absolute atomic E-state index is 13.3. The third-order valence-corrected chi connectivity index (χ3v) is 3.22. The molecule has 14 heavy (non-hydrogen) atoms. The Morgan fingerprint density at radius 3 is 2.64 bits per heavy atom. The molecule has 0 aliphatic rings. The van der Waals surface area contributed by atoms with Crippen LogP contribution in [-0.4, -0.2) is 0 Å². The molecule has 0 amide bonds. The molecule has 0 radical (unpaired) electrons. The van der Waals surface area contributed by atoms with Crippen LogP contribution in [0, 0.1) is 5.82 Å². The number of halogens is 4. The average Bonchev–Trinajstić information content (AvgIpc) is 2.56. The maximum Gasteiger partial charge on any atom is 0.272 e. The van der Waals surface area contributed by atoms with Crippen molar-refractivity contribution in [1.29, 1.82) is 0 Å². The fourth-order valence-electron chi connectivity index (χ4n) is 1.18. The van der Waals surface area contributed by atoms with E-state index in [2.05, 4.69) is 0 Å². The van der Waals surface area contributed by atoms with Crippen molar-refractivity contribution < 1.29 is 13.2 Å². The first-order chi connectivity index (χ1) is 6.59. The normalized spacial score (nSPS) is 11.5. The van der Waals surface area contributed by atoms with Crippen molar-refractivity contribution in [2.75, 3.05) is 0 Å². The number of benzene rings is 1. The van der Waals surface area contributed by atoms with Crippen LogP contribution < -0.4 is 0 Å². The zero-order chi connectivity index (χ0) is 10.3. The fourth-order valence-corrected chi connectivity index (χ4v) is 2.26. The van der Waals surface area contributed by atoms with Crippen LogP contribution in [0.4, 0.5) is 13.2 Å². The molecule has 0 saturated carbocycles. The van der Waals surface area contributed by atoms with Gasteiger partial charge >= 0.3 is 0 Å². The van der Waals surface area contributed by atoms with Crippen LogP contribution in [0.1, 0.15) is 11.3 Å². The third-order valence-electron chi connectivity index (χ3n) is 1.82. The first-order valence-electron chi connectivity index (χ1n) is 3.75. The van der Waals surface area contributed by atoms with Crippen molar-refractivity contribution in [1.82, 2.24) is 0 Å². The van der Waals surface area contributed by atoms with Crippen LogP contribution in [0.25, 0.3) is 10.1 Å². The van der Waals surface area contributed by atoms with Gasteiger partial charge in [0.2, 0.25) is 0 Å². The highest BCUT2D eigenvalue weighted by Gasteiger charge is 2.14. The van der Waals surface area contributed by atoms with Gasteiger partial charge in [-0.05, 0) is 18.2 Å². The SMILES string of the molecule is Fc1c(Cl)ccc2sc(C(F)F)cc12. The van der Waals surface area contributed by atoms with Crippen LogP contribution in [0.15, 0.2) is 18.2 Å². The minimum Gasteiger partial charge on any atom is -0.205 e. The molecule has 0 fully saturated rings. The van der Waals surface area contributed by atoms with Crippen molar-refractivity contribution in [3.05, 3.63) is 33.9 Å². The molecule has 0 aliphatic carbocycles. The van der Waals surface area contributed by atoms with Crippen LogP contribution in [0.5, 0.6) is 0 Å². The topological polar surface area (TPSA) is 0 Å². The predicted molar refractivity (Wildman–Crippen MR) is 51.8 cm³/mol. The van der Waals surface area contributed by atoms with Gasteiger partial charge < -0.3 is 0 Å². The van der Waals surface area contributed by atoms with Gasteiger partial charge in [0.05, 0.1) is 9.90 Å². The van der Waals surface area contributed by atoms with E-state index in [0.29, 0.717) is 4.70 Å². The minimum absolute atomic E-state index is 0.0453. The Labute approximate surface area is 86.9 Å². The Kier molecular flexibility index (Phi) is 2.41. The Morgan fingerprint density at radius 1 is 1.29 bits per heavy atom. The molecule has 0 nitrogen and oxygen atoms in total. The molecule has 2 rings (SSSR count). The second-order valence-electron chi connectivity index (χ2n) is 2.72. The quantitative estimate of drug-likeness (QED) is 0.677. The number of hydrogen-bond donors (Lipinski definition) is 0. The second-order valence-corrected chi connectivity index (χ2v) is 4.25. The molecule has 0 unspecified atom stereocenters. The Bertz CT molecular complexity index is 478. The first kappa shape index (κ1) is 9.80. The van der Waals surface area contributed by atoms with Crippen molar-refractivity contribution in [2.45, 2.75) is 6.43 Å². The highest BCUT2D eigenvalue weighted by atomic mass is 35.5. The molecule has 0 bridgehead atoms. The number of rotatable bonds is 1. The fraction of sp³-hybridized carbons (Fsp3) is 0.111. The predicted octanol–water partition coefficient (Wildman–Crippen LogP) is 4.63. The Balaban J connectivity index is 2.71. The molecule has 0 spiro atoms. The molecular weight excluding hydrogens is 233 g/mol. The van der Waals surface area contributed by atoms with Crippen LogP contribution >= 0.6 is 22.9 Å². The zero-order valence-electron chi connectivity index (χ0n) is 6.73. The Hall–Kier alpha value is -0.740. The highest BCUT2D eigenvalue weighted by Crippen LogP contribution is 2.35. The lowest BCUT2D eigenvalue weighted by atomic mass is 10.2. The largest absolute Gasteiger partial charge is 0.272 e. The number of alkyl halides is 2. The molecule has 0 atom stereocenters. The zero-order valence-corrected chi connectivity index (χ0v) is 8.30. The van der Waals surface area contributed by atoms with Gasteiger partial charge in [-0.2, -0.15) is 0 Å². The lowest BCUT2D eigenvalue weighted by Gasteiger charge is -1.93. The summed E-state index contributed by atoms with van der Waals surface area (Å²) in [4.78, 5) is -0.138.